The summed E-state index contributed by atoms with van der Waals surface area (Å²) in [5.41, 5.74) is -0.805. The number of aliphatic hydroxyl groups is 1. The van der Waals surface area contributed by atoms with Crippen LogP contribution in [0.2, 0.25) is 0 Å². The SMILES string of the molecule is CCCc1cc([B]OC(C)(C)C(C)(C)O)cc(OC)c1C(=O)NCC(F)(F)F. The fourth-order valence-corrected chi connectivity index (χ4v) is 2.28. The van der Waals surface area contributed by atoms with Crippen molar-refractivity contribution in [1.82, 2.24) is 5.32 Å². The quantitative estimate of drug-likeness (QED) is 0.624. The van der Waals surface area contributed by atoms with E-state index in [1.54, 1.807) is 33.8 Å². The Balaban J connectivity index is 3.18. The van der Waals surface area contributed by atoms with Gasteiger partial charge in [0.25, 0.3) is 5.91 Å². The average Bonchev–Trinajstić information content (AvgIpc) is 2.56. The molecule has 9 heteroatoms. The molecule has 1 radical (unpaired) electrons. The predicted molar refractivity (Wildman–Crippen MR) is 102 cm³/mol. The molecule has 2 N–H and O–H groups in total. The smallest absolute Gasteiger partial charge is 0.405 e. The van der Waals surface area contributed by atoms with E-state index in [2.05, 4.69) is 0 Å². The van der Waals surface area contributed by atoms with Crippen LogP contribution in [0.1, 0.15) is 57.0 Å². The van der Waals surface area contributed by atoms with E-state index in [1.165, 1.54) is 20.7 Å². The Hall–Kier alpha value is -1.74. The normalized spacial score (nSPS) is 12.6. The second kappa shape index (κ2) is 9.18. The van der Waals surface area contributed by atoms with Gasteiger partial charge >= 0.3 is 13.7 Å². The van der Waals surface area contributed by atoms with Crippen LogP contribution in [0.25, 0.3) is 0 Å². The number of nitrogens with one attached hydrogen (secondary N) is 1. The van der Waals surface area contributed by atoms with E-state index in [0.29, 0.717) is 23.9 Å². The molecule has 0 saturated carbocycles. The molecular weight excluding hydrogens is 374 g/mol. The van der Waals surface area contributed by atoms with Gasteiger partial charge in [0, 0.05) is 0 Å². The molecule has 0 fully saturated rings. The first kappa shape index (κ1) is 24.3. The van der Waals surface area contributed by atoms with Crippen molar-refractivity contribution in [1.29, 1.82) is 0 Å². The van der Waals surface area contributed by atoms with Gasteiger partial charge in [-0.25, -0.2) is 0 Å². The van der Waals surface area contributed by atoms with Gasteiger partial charge in [-0.15, -0.1) is 0 Å². The molecule has 157 valence electrons. The number of halogens is 3. The lowest BCUT2D eigenvalue weighted by atomic mass is 9.80. The van der Waals surface area contributed by atoms with Gasteiger partial charge in [0.1, 0.15) is 12.3 Å². The first-order chi connectivity index (χ1) is 12.7. The van der Waals surface area contributed by atoms with Crippen molar-refractivity contribution in [3.63, 3.8) is 0 Å². The lowest BCUT2D eigenvalue weighted by molar-refractivity contribution is -0.123. The Bertz CT molecular complexity index is 685. The minimum absolute atomic E-state index is 0.0764. The molecular formula is C19H28BF3NO4. The highest BCUT2D eigenvalue weighted by Crippen LogP contribution is 2.26. The summed E-state index contributed by atoms with van der Waals surface area (Å²) in [7, 11) is 2.79. The molecule has 1 aromatic rings. The molecule has 5 nitrogen and oxygen atoms in total. The van der Waals surface area contributed by atoms with Crippen LogP contribution in [0, 0.1) is 0 Å². The molecule has 0 aromatic heterocycles. The lowest BCUT2D eigenvalue weighted by Crippen LogP contribution is -2.49. The summed E-state index contributed by atoms with van der Waals surface area (Å²) < 4.78 is 48.3. The maximum absolute atomic E-state index is 12.4. The fourth-order valence-electron chi connectivity index (χ4n) is 2.28. The van der Waals surface area contributed by atoms with E-state index >= 15 is 0 Å². The van der Waals surface area contributed by atoms with Crippen LogP contribution in [-0.2, 0) is 11.1 Å². The number of hydrogen-bond donors (Lipinski definition) is 2. The van der Waals surface area contributed by atoms with E-state index in [1.807, 2.05) is 12.2 Å². The predicted octanol–water partition coefficient (Wildman–Crippen LogP) is 2.75. The standard InChI is InChI=1S/C19H28BF3NO4/c1-7-8-12-9-13(20-28-18(4,5)17(2,3)26)10-14(27-6)15(12)16(25)24-11-19(21,22)23/h9-10,26H,7-8,11H2,1-6H3,(H,24,25). The highest BCUT2D eigenvalue weighted by molar-refractivity contribution is 6.47. The van der Waals surface area contributed by atoms with Gasteiger partial charge in [-0.3, -0.25) is 4.79 Å². The Morgan fingerprint density at radius 2 is 1.82 bits per heavy atom. The van der Waals surface area contributed by atoms with Gasteiger partial charge in [-0.05, 0) is 51.2 Å². The Morgan fingerprint density at radius 3 is 2.29 bits per heavy atom. The zero-order valence-electron chi connectivity index (χ0n) is 17.2. The summed E-state index contributed by atoms with van der Waals surface area (Å²) in [4.78, 5) is 12.4. The van der Waals surface area contributed by atoms with E-state index in [-0.39, 0.29) is 11.3 Å². The number of benzene rings is 1. The molecule has 0 bridgehead atoms. The van der Waals surface area contributed by atoms with Crippen molar-refractivity contribution in [2.75, 3.05) is 13.7 Å². The number of methoxy groups -OCH3 is 1. The van der Waals surface area contributed by atoms with Crippen LogP contribution in [0.5, 0.6) is 5.75 Å². The van der Waals surface area contributed by atoms with Crippen molar-refractivity contribution >= 4 is 18.9 Å². The maximum Gasteiger partial charge on any atom is 0.405 e. The number of carbonyl (C=O) groups is 1. The summed E-state index contributed by atoms with van der Waals surface area (Å²) >= 11 is 0. The molecule has 0 aliphatic heterocycles. The molecule has 1 aromatic carbocycles. The van der Waals surface area contributed by atoms with E-state index < -0.39 is 29.8 Å². The van der Waals surface area contributed by atoms with Gasteiger partial charge in [0.2, 0.25) is 0 Å². The number of carbonyl (C=O) groups excluding carboxylic acids is 1. The third-order valence-electron chi connectivity index (χ3n) is 4.58. The average molecular weight is 402 g/mol. The van der Waals surface area contributed by atoms with E-state index in [0.717, 1.165) is 0 Å². The molecule has 0 unspecified atom stereocenters. The Morgan fingerprint density at radius 1 is 1.21 bits per heavy atom. The highest BCUT2D eigenvalue weighted by atomic mass is 19.4. The summed E-state index contributed by atoms with van der Waals surface area (Å²) in [5, 5.41) is 12.1. The van der Waals surface area contributed by atoms with Crippen LogP contribution >= 0.6 is 0 Å². The number of ether oxygens (including phenoxy) is 1. The van der Waals surface area contributed by atoms with Gasteiger partial charge in [-0.2, -0.15) is 13.2 Å². The third kappa shape index (κ3) is 6.70. The summed E-state index contributed by atoms with van der Waals surface area (Å²) in [6.45, 7) is 7.18. The second-order valence-corrected chi connectivity index (χ2v) is 7.61. The number of rotatable bonds is 9. The van der Waals surface area contributed by atoms with Crippen LogP contribution < -0.4 is 15.5 Å². The lowest BCUT2D eigenvalue weighted by Gasteiger charge is -2.37. The van der Waals surface area contributed by atoms with Crippen LogP contribution in [0.15, 0.2) is 12.1 Å². The zero-order valence-corrected chi connectivity index (χ0v) is 17.2. The van der Waals surface area contributed by atoms with Crippen molar-refractivity contribution in [2.45, 2.75) is 64.8 Å². The largest absolute Gasteiger partial charge is 0.496 e. The van der Waals surface area contributed by atoms with Crippen molar-refractivity contribution < 1.29 is 32.5 Å². The fraction of sp³-hybridized carbons (Fsp3) is 0.632. The maximum atomic E-state index is 12.4. The monoisotopic (exact) mass is 402 g/mol. The first-order valence-corrected chi connectivity index (χ1v) is 9.01. The van der Waals surface area contributed by atoms with Crippen LogP contribution in [0.4, 0.5) is 13.2 Å². The molecule has 1 rings (SSSR count). The van der Waals surface area contributed by atoms with Gasteiger partial charge in [0.15, 0.2) is 0 Å². The zero-order chi connectivity index (χ0) is 21.8. The Kier molecular flexibility index (Phi) is 7.96. The summed E-state index contributed by atoms with van der Waals surface area (Å²) in [6.07, 6.45) is -3.35. The van der Waals surface area contributed by atoms with Crippen LogP contribution in [0.3, 0.4) is 0 Å². The highest BCUT2D eigenvalue weighted by Gasteiger charge is 2.36. The van der Waals surface area contributed by atoms with Crippen molar-refractivity contribution in [2.24, 2.45) is 0 Å². The molecule has 0 aliphatic carbocycles. The first-order valence-electron chi connectivity index (χ1n) is 9.01. The minimum atomic E-state index is -4.50. The number of alkyl halides is 3. The number of amides is 1. The third-order valence-corrected chi connectivity index (χ3v) is 4.58. The molecule has 0 spiro atoms. The summed E-state index contributed by atoms with van der Waals surface area (Å²) in [6, 6.07) is 3.19. The second-order valence-electron chi connectivity index (χ2n) is 7.61. The van der Waals surface area contributed by atoms with Gasteiger partial charge in [-0.1, -0.05) is 19.4 Å². The van der Waals surface area contributed by atoms with E-state index in [9.17, 15) is 23.1 Å². The van der Waals surface area contributed by atoms with Crippen LogP contribution in [-0.4, -0.2) is 49.5 Å². The molecule has 0 aliphatic rings. The molecule has 0 heterocycles. The van der Waals surface area contributed by atoms with Gasteiger partial charge in [0.05, 0.1) is 23.9 Å². The van der Waals surface area contributed by atoms with Crippen molar-refractivity contribution in [3.05, 3.63) is 23.3 Å². The number of hydrogen-bond acceptors (Lipinski definition) is 4. The molecule has 28 heavy (non-hydrogen) atoms. The Labute approximate surface area is 164 Å². The molecule has 1 amide bonds. The summed E-state index contributed by atoms with van der Waals surface area (Å²) in [5.74, 6) is -0.691. The topological polar surface area (TPSA) is 67.8 Å². The molecule has 0 atom stereocenters. The van der Waals surface area contributed by atoms with Gasteiger partial charge < -0.3 is 19.8 Å². The van der Waals surface area contributed by atoms with E-state index in [4.69, 9.17) is 9.39 Å². The minimum Gasteiger partial charge on any atom is -0.496 e. The number of aryl methyl sites for hydroxylation is 1. The van der Waals surface area contributed by atoms with Crippen molar-refractivity contribution in [3.8, 4) is 5.75 Å². The molecule has 0 saturated heterocycles.